The molecule has 0 saturated carbocycles. The van der Waals surface area contributed by atoms with E-state index in [1.165, 1.54) is 19.3 Å². The average molecular weight is 212 g/mol. The first kappa shape index (κ1) is 12.5. The zero-order chi connectivity index (χ0) is 11.1. The highest BCUT2D eigenvalue weighted by molar-refractivity contribution is 5.47. The van der Waals surface area contributed by atoms with Crippen molar-refractivity contribution in [3.05, 3.63) is 0 Å². The van der Waals surface area contributed by atoms with E-state index in [0.717, 1.165) is 39.0 Å². The molecule has 88 valence electrons. The molecule has 3 nitrogen and oxygen atoms in total. The number of amides is 1. The molecule has 1 saturated heterocycles. The number of carbonyl (C=O) groups excluding carboxylic acids is 1. The van der Waals surface area contributed by atoms with Gasteiger partial charge in [-0.05, 0) is 38.8 Å². The summed E-state index contributed by atoms with van der Waals surface area (Å²) in [5, 5.41) is 0. The van der Waals surface area contributed by atoms with Crippen LogP contribution >= 0.6 is 0 Å². The Kier molecular flexibility index (Phi) is 5.69. The van der Waals surface area contributed by atoms with Crippen LogP contribution in [0.5, 0.6) is 0 Å². The van der Waals surface area contributed by atoms with Gasteiger partial charge in [-0.25, -0.2) is 0 Å². The van der Waals surface area contributed by atoms with Crippen LogP contribution in [0.4, 0.5) is 0 Å². The van der Waals surface area contributed by atoms with Gasteiger partial charge in [0.15, 0.2) is 0 Å². The summed E-state index contributed by atoms with van der Waals surface area (Å²) in [7, 11) is 0. The minimum Gasteiger partial charge on any atom is -0.342 e. The van der Waals surface area contributed by atoms with Crippen molar-refractivity contribution < 1.29 is 4.79 Å². The van der Waals surface area contributed by atoms with Gasteiger partial charge in [0.25, 0.3) is 0 Å². The lowest BCUT2D eigenvalue weighted by atomic mass is 10.00. The van der Waals surface area contributed by atoms with Crippen molar-refractivity contribution in [3.63, 3.8) is 0 Å². The Morgan fingerprint density at radius 3 is 2.67 bits per heavy atom. The summed E-state index contributed by atoms with van der Waals surface area (Å²) in [6.45, 7) is 8.72. The largest absolute Gasteiger partial charge is 0.342 e. The summed E-state index contributed by atoms with van der Waals surface area (Å²) >= 11 is 0. The van der Waals surface area contributed by atoms with Gasteiger partial charge in [0.2, 0.25) is 6.41 Å². The van der Waals surface area contributed by atoms with Gasteiger partial charge in [0, 0.05) is 19.1 Å². The monoisotopic (exact) mass is 212 g/mol. The van der Waals surface area contributed by atoms with E-state index in [0.29, 0.717) is 6.04 Å². The van der Waals surface area contributed by atoms with E-state index in [-0.39, 0.29) is 0 Å². The predicted molar refractivity (Wildman–Crippen MR) is 62.8 cm³/mol. The fraction of sp³-hybridized carbons (Fsp3) is 0.917. The van der Waals surface area contributed by atoms with E-state index in [9.17, 15) is 4.79 Å². The Morgan fingerprint density at radius 1 is 1.33 bits per heavy atom. The third kappa shape index (κ3) is 3.82. The standard InChI is InChI=1S/C12H24N2O/c1-3-13(4-2)10-8-12-7-5-6-9-14(12)11-15/h11-12H,3-10H2,1-2H3. The molecule has 1 unspecified atom stereocenters. The maximum atomic E-state index is 10.9. The highest BCUT2D eigenvalue weighted by Gasteiger charge is 2.20. The number of carbonyl (C=O) groups is 1. The van der Waals surface area contributed by atoms with Gasteiger partial charge in [-0.3, -0.25) is 4.79 Å². The first-order valence-electron chi connectivity index (χ1n) is 6.25. The molecule has 15 heavy (non-hydrogen) atoms. The van der Waals surface area contributed by atoms with Crippen molar-refractivity contribution in [3.8, 4) is 0 Å². The van der Waals surface area contributed by atoms with E-state index in [4.69, 9.17) is 0 Å². The molecule has 0 bridgehead atoms. The molecule has 1 heterocycles. The van der Waals surface area contributed by atoms with Gasteiger partial charge in [-0.2, -0.15) is 0 Å². The topological polar surface area (TPSA) is 23.6 Å². The lowest BCUT2D eigenvalue weighted by Gasteiger charge is -2.34. The van der Waals surface area contributed by atoms with Crippen molar-refractivity contribution in [1.29, 1.82) is 0 Å². The van der Waals surface area contributed by atoms with Gasteiger partial charge in [-0.1, -0.05) is 13.8 Å². The van der Waals surface area contributed by atoms with E-state index in [2.05, 4.69) is 18.7 Å². The second-order valence-electron chi connectivity index (χ2n) is 4.31. The van der Waals surface area contributed by atoms with Crippen LogP contribution in [0.3, 0.4) is 0 Å². The van der Waals surface area contributed by atoms with Crippen LogP contribution in [-0.4, -0.2) is 48.4 Å². The number of hydrogen-bond donors (Lipinski definition) is 0. The van der Waals surface area contributed by atoms with Crippen LogP contribution in [0.2, 0.25) is 0 Å². The van der Waals surface area contributed by atoms with Crippen LogP contribution in [0, 0.1) is 0 Å². The minimum absolute atomic E-state index is 0.497. The quantitative estimate of drug-likeness (QED) is 0.626. The van der Waals surface area contributed by atoms with Gasteiger partial charge < -0.3 is 9.80 Å². The average Bonchev–Trinajstić information content (AvgIpc) is 2.31. The Bertz CT molecular complexity index is 180. The molecule has 0 aliphatic carbocycles. The fourth-order valence-corrected chi connectivity index (χ4v) is 2.34. The van der Waals surface area contributed by atoms with Crippen LogP contribution in [0.25, 0.3) is 0 Å². The lowest BCUT2D eigenvalue weighted by molar-refractivity contribution is -0.121. The molecule has 0 radical (unpaired) electrons. The molecular formula is C12H24N2O. The summed E-state index contributed by atoms with van der Waals surface area (Å²) in [5.74, 6) is 0. The Labute approximate surface area is 93.4 Å². The highest BCUT2D eigenvalue weighted by atomic mass is 16.1. The summed E-state index contributed by atoms with van der Waals surface area (Å²) in [4.78, 5) is 15.3. The third-order valence-electron chi connectivity index (χ3n) is 3.48. The summed E-state index contributed by atoms with van der Waals surface area (Å²) in [6.07, 6.45) is 5.83. The molecule has 3 heteroatoms. The van der Waals surface area contributed by atoms with Crippen molar-refractivity contribution in [1.82, 2.24) is 9.80 Å². The molecule has 1 rings (SSSR count). The Morgan fingerprint density at radius 2 is 2.07 bits per heavy atom. The molecule has 1 aliphatic heterocycles. The number of hydrogen-bond acceptors (Lipinski definition) is 2. The Balaban J connectivity index is 2.31. The summed E-state index contributed by atoms with van der Waals surface area (Å²) in [6, 6.07) is 0.497. The molecule has 0 spiro atoms. The normalized spacial score (nSPS) is 22.1. The fourth-order valence-electron chi connectivity index (χ4n) is 2.34. The van der Waals surface area contributed by atoms with Crippen molar-refractivity contribution in [2.75, 3.05) is 26.2 Å². The van der Waals surface area contributed by atoms with E-state index < -0.39 is 0 Å². The van der Waals surface area contributed by atoms with E-state index in [1.807, 2.05) is 4.90 Å². The van der Waals surface area contributed by atoms with Gasteiger partial charge in [-0.15, -0.1) is 0 Å². The van der Waals surface area contributed by atoms with Crippen molar-refractivity contribution in [2.24, 2.45) is 0 Å². The number of nitrogens with zero attached hydrogens (tertiary/aromatic N) is 2. The molecule has 0 aromatic carbocycles. The molecule has 1 aliphatic rings. The molecule has 1 atom stereocenters. The summed E-state index contributed by atoms with van der Waals surface area (Å²) < 4.78 is 0. The maximum absolute atomic E-state index is 10.9. The zero-order valence-corrected chi connectivity index (χ0v) is 10.1. The molecule has 0 aromatic heterocycles. The van der Waals surface area contributed by atoms with Gasteiger partial charge >= 0.3 is 0 Å². The minimum atomic E-state index is 0.497. The molecule has 0 aromatic rings. The molecule has 1 amide bonds. The number of piperidine rings is 1. The second kappa shape index (κ2) is 6.83. The van der Waals surface area contributed by atoms with Crippen LogP contribution in [-0.2, 0) is 4.79 Å². The SMILES string of the molecule is CCN(CC)CCC1CCCCN1C=O. The van der Waals surface area contributed by atoms with Crippen molar-refractivity contribution in [2.45, 2.75) is 45.6 Å². The molecule has 1 fully saturated rings. The van der Waals surface area contributed by atoms with E-state index in [1.54, 1.807) is 0 Å². The zero-order valence-electron chi connectivity index (χ0n) is 10.1. The lowest BCUT2D eigenvalue weighted by Crippen LogP contribution is -2.40. The third-order valence-corrected chi connectivity index (χ3v) is 3.48. The Hall–Kier alpha value is -0.570. The van der Waals surface area contributed by atoms with Gasteiger partial charge in [0.1, 0.15) is 0 Å². The van der Waals surface area contributed by atoms with E-state index >= 15 is 0 Å². The second-order valence-corrected chi connectivity index (χ2v) is 4.31. The predicted octanol–water partition coefficient (Wildman–Crippen LogP) is 1.73. The van der Waals surface area contributed by atoms with Gasteiger partial charge in [0.05, 0.1) is 0 Å². The number of rotatable bonds is 6. The van der Waals surface area contributed by atoms with Crippen molar-refractivity contribution >= 4 is 6.41 Å². The smallest absolute Gasteiger partial charge is 0.209 e. The van der Waals surface area contributed by atoms with Crippen LogP contribution in [0.1, 0.15) is 39.5 Å². The molecule has 0 N–H and O–H groups in total. The highest BCUT2D eigenvalue weighted by Crippen LogP contribution is 2.18. The molecular weight excluding hydrogens is 188 g/mol. The van der Waals surface area contributed by atoms with Crippen LogP contribution < -0.4 is 0 Å². The summed E-state index contributed by atoms with van der Waals surface area (Å²) in [5.41, 5.74) is 0. The number of likely N-dealkylation sites (tertiary alicyclic amines) is 1. The first-order valence-corrected chi connectivity index (χ1v) is 6.25. The van der Waals surface area contributed by atoms with Crippen LogP contribution in [0.15, 0.2) is 0 Å². The maximum Gasteiger partial charge on any atom is 0.209 e. The first-order chi connectivity index (χ1) is 7.31.